The van der Waals surface area contributed by atoms with E-state index in [9.17, 15) is 4.79 Å². The quantitative estimate of drug-likeness (QED) is 0.180. The van der Waals surface area contributed by atoms with E-state index in [2.05, 4.69) is 15.5 Å². The number of fused-ring (bicyclic) bond motifs is 1. The molecule has 1 heterocycles. The van der Waals surface area contributed by atoms with E-state index >= 15 is 0 Å². The van der Waals surface area contributed by atoms with Crippen molar-refractivity contribution in [2.75, 3.05) is 12.9 Å². The van der Waals surface area contributed by atoms with Crippen LogP contribution in [0.4, 0.5) is 0 Å². The normalized spacial score (nSPS) is 11.1. The van der Waals surface area contributed by atoms with E-state index in [4.69, 9.17) is 21.1 Å². The minimum absolute atomic E-state index is 0.205. The van der Waals surface area contributed by atoms with Crippen molar-refractivity contribution in [2.24, 2.45) is 5.10 Å². The van der Waals surface area contributed by atoms with Crippen LogP contribution >= 0.6 is 34.7 Å². The number of carbonyl (C=O) groups excluding carboxylic acids is 1. The van der Waals surface area contributed by atoms with Crippen molar-refractivity contribution in [3.63, 3.8) is 0 Å². The molecule has 1 N–H and O–H groups in total. The molecule has 0 aliphatic heterocycles. The van der Waals surface area contributed by atoms with Gasteiger partial charge in [-0.3, -0.25) is 4.79 Å². The van der Waals surface area contributed by atoms with E-state index in [1.165, 1.54) is 11.8 Å². The minimum atomic E-state index is -0.205. The van der Waals surface area contributed by atoms with Crippen LogP contribution < -0.4 is 14.9 Å². The first-order valence-electron chi connectivity index (χ1n) is 9.96. The second-order valence-electron chi connectivity index (χ2n) is 6.85. The Morgan fingerprint density at radius 2 is 1.97 bits per heavy atom. The summed E-state index contributed by atoms with van der Waals surface area (Å²) in [4.78, 5) is 16.7. The highest BCUT2D eigenvalue weighted by Gasteiger charge is 2.08. The van der Waals surface area contributed by atoms with Crippen molar-refractivity contribution < 1.29 is 14.3 Å². The number of hydrogen-bond donors (Lipinski definition) is 1. The lowest BCUT2D eigenvalue weighted by Crippen LogP contribution is -2.19. The highest BCUT2D eigenvalue weighted by molar-refractivity contribution is 8.01. The smallest absolute Gasteiger partial charge is 0.250 e. The number of benzene rings is 3. The van der Waals surface area contributed by atoms with Gasteiger partial charge in [0.2, 0.25) is 0 Å². The molecular weight excluding hydrogens is 478 g/mol. The van der Waals surface area contributed by atoms with Gasteiger partial charge in [-0.1, -0.05) is 47.6 Å². The van der Waals surface area contributed by atoms with E-state index < -0.39 is 0 Å². The number of hydrazone groups is 1. The fraction of sp³-hybridized carbons (Fsp3) is 0.125. The van der Waals surface area contributed by atoms with Gasteiger partial charge in [0.25, 0.3) is 5.91 Å². The molecule has 0 unspecified atom stereocenters. The minimum Gasteiger partial charge on any atom is -0.493 e. The summed E-state index contributed by atoms with van der Waals surface area (Å²) >= 11 is 8.89. The lowest BCUT2D eigenvalue weighted by molar-refractivity contribution is -0.118. The van der Waals surface area contributed by atoms with Gasteiger partial charge in [-0.15, -0.1) is 11.3 Å². The van der Waals surface area contributed by atoms with Crippen molar-refractivity contribution in [2.45, 2.75) is 10.9 Å². The third-order valence-electron chi connectivity index (χ3n) is 4.50. The van der Waals surface area contributed by atoms with Gasteiger partial charge >= 0.3 is 0 Å². The molecule has 6 nitrogen and oxygen atoms in total. The third kappa shape index (κ3) is 6.47. The predicted octanol–water partition coefficient (Wildman–Crippen LogP) is 5.78. The molecule has 0 aliphatic rings. The van der Waals surface area contributed by atoms with E-state index in [1.807, 2.05) is 54.6 Å². The van der Waals surface area contributed by atoms with E-state index in [0.29, 0.717) is 23.1 Å². The largest absolute Gasteiger partial charge is 0.493 e. The summed E-state index contributed by atoms with van der Waals surface area (Å²) in [6.45, 7) is 0.369. The maximum atomic E-state index is 12.1. The SMILES string of the molecule is COc1ccc(/C=N/NC(=O)CSc2nc3ccccc3s2)cc1OCc1ccc(Cl)cc1. The molecule has 0 radical (unpaired) electrons. The van der Waals surface area contributed by atoms with Crippen LogP contribution in [-0.4, -0.2) is 30.0 Å². The summed E-state index contributed by atoms with van der Waals surface area (Å²) in [5.41, 5.74) is 5.24. The number of hydrogen-bond acceptors (Lipinski definition) is 7. The van der Waals surface area contributed by atoms with Gasteiger partial charge in [0.15, 0.2) is 15.8 Å². The average Bonchev–Trinajstić information content (AvgIpc) is 3.26. The Hall–Kier alpha value is -3.07. The molecule has 0 bridgehead atoms. The molecule has 0 saturated heterocycles. The number of nitrogens with one attached hydrogen (secondary N) is 1. The first kappa shape index (κ1) is 23.1. The summed E-state index contributed by atoms with van der Waals surface area (Å²) in [6, 6.07) is 20.8. The van der Waals surface area contributed by atoms with Crippen molar-refractivity contribution in [1.82, 2.24) is 10.4 Å². The summed E-state index contributed by atoms with van der Waals surface area (Å²) < 4.78 is 13.2. The van der Waals surface area contributed by atoms with Crippen molar-refractivity contribution in [3.05, 3.63) is 82.9 Å². The number of para-hydroxylation sites is 1. The monoisotopic (exact) mass is 497 g/mol. The van der Waals surface area contributed by atoms with E-state index in [0.717, 1.165) is 25.7 Å². The molecule has 4 rings (SSSR count). The highest BCUT2D eigenvalue weighted by Crippen LogP contribution is 2.30. The molecule has 0 fully saturated rings. The molecule has 1 amide bonds. The van der Waals surface area contributed by atoms with Crippen LogP contribution in [0.5, 0.6) is 11.5 Å². The zero-order chi connectivity index (χ0) is 23.0. The maximum absolute atomic E-state index is 12.1. The number of methoxy groups -OCH3 is 1. The molecule has 0 saturated carbocycles. The molecule has 0 spiro atoms. The molecule has 0 aliphatic carbocycles. The van der Waals surface area contributed by atoms with Crippen LogP contribution in [0.25, 0.3) is 10.2 Å². The molecule has 4 aromatic rings. The Morgan fingerprint density at radius 1 is 1.15 bits per heavy atom. The summed E-state index contributed by atoms with van der Waals surface area (Å²) in [5.74, 6) is 1.21. The van der Waals surface area contributed by atoms with E-state index in [-0.39, 0.29) is 11.7 Å². The number of thiazole rings is 1. The third-order valence-corrected chi connectivity index (χ3v) is 6.93. The molecular formula is C24H20ClN3O3S2. The number of carbonyl (C=O) groups is 1. The van der Waals surface area contributed by atoms with Gasteiger partial charge in [0, 0.05) is 5.02 Å². The summed E-state index contributed by atoms with van der Waals surface area (Å²) in [7, 11) is 1.58. The molecule has 168 valence electrons. The van der Waals surface area contributed by atoms with Crippen molar-refractivity contribution >= 4 is 57.0 Å². The number of ether oxygens (including phenoxy) is 2. The highest BCUT2D eigenvalue weighted by atomic mass is 35.5. The Balaban J connectivity index is 1.31. The Morgan fingerprint density at radius 3 is 2.76 bits per heavy atom. The zero-order valence-corrected chi connectivity index (χ0v) is 20.0. The fourth-order valence-corrected chi connectivity index (χ4v) is 4.87. The van der Waals surface area contributed by atoms with Gasteiger partial charge in [0.05, 0.1) is 29.3 Å². The first-order valence-corrected chi connectivity index (χ1v) is 12.1. The Labute approximate surface area is 204 Å². The fourth-order valence-electron chi connectivity index (χ4n) is 2.88. The number of thioether (sulfide) groups is 1. The second kappa shape index (κ2) is 11.2. The van der Waals surface area contributed by atoms with Gasteiger partial charge in [-0.2, -0.15) is 5.10 Å². The predicted molar refractivity (Wildman–Crippen MR) is 135 cm³/mol. The van der Waals surface area contributed by atoms with Crippen LogP contribution in [0.2, 0.25) is 5.02 Å². The van der Waals surface area contributed by atoms with Crippen LogP contribution in [0.15, 0.2) is 76.2 Å². The molecule has 0 atom stereocenters. The lowest BCUT2D eigenvalue weighted by atomic mass is 10.2. The van der Waals surface area contributed by atoms with Crippen molar-refractivity contribution in [3.8, 4) is 11.5 Å². The second-order valence-corrected chi connectivity index (χ2v) is 9.54. The number of rotatable bonds is 9. The molecule has 9 heteroatoms. The van der Waals surface area contributed by atoms with Crippen LogP contribution in [0.3, 0.4) is 0 Å². The number of halogens is 1. The molecule has 33 heavy (non-hydrogen) atoms. The topological polar surface area (TPSA) is 72.8 Å². The summed E-state index contributed by atoms with van der Waals surface area (Å²) in [5, 5.41) is 4.73. The van der Waals surface area contributed by atoms with Gasteiger partial charge in [-0.25, -0.2) is 10.4 Å². The summed E-state index contributed by atoms with van der Waals surface area (Å²) in [6.07, 6.45) is 1.56. The average molecular weight is 498 g/mol. The molecule has 3 aromatic carbocycles. The lowest BCUT2D eigenvalue weighted by Gasteiger charge is -2.11. The number of nitrogens with zero attached hydrogens (tertiary/aromatic N) is 2. The standard InChI is InChI=1S/C24H20ClN3O3S2/c1-30-20-11-8-17(12-21(20)31-14-16-6-9-18(25)10-7-16)13-26-28-23(29)15-32-24-27-19-4-2-3-5-22(19)33-24/h2-13H,14-15H2,1H3,(H,28,29)/b26-13+. The number of aromatic nitrogens is 1. The Kier molecular flexibility index (Phi) is 7.83. The van der Waals surface area contributed by atoms with Gasteiger partial charge in [0.1, 0.15) is 6.61 Å². The first-order chi connectivity index (χ1) is 16.1. The Bertz CT molecular complexity index is 1240. The van der Waals surface area contributed by atoms with Crippen LogP contribution in [0.1, 0.15) is 11.1 Å². The zero-order valence-electron chi connectivity index (χ0n) is 17.7. The molecule has 1 aromatic heterocycles. The maximum Gasteiger partial charge on any atom is 0.250 e. The van der Waals surface area contributed by atoms with Gasteiger partial charge in [-0.05, 0) is 53.6 Å². The van der Waals surface area contributed by atoms with Crippen molar-refractivity contribution in [1.29, 1.82) is 0 Å². The van der Waals surface area contributed by atoms with Crippen LogP contribution in [0, 0.1) is 0 Å². The van der Waals surface area contributed by atoms with Gasteiger partial charge < -0.3 is 9.47 Å². The number of amides is 1. The van der Waals surface area contributed by atoms with Crippen LogP contribution in [-0.2, 0) is 11.4 Å². The van der Waals surface area contributed by atoms with E-state index in [1.54, 1.807) is 36.8 Å².